The van der Waals surface area contributed by atoms with Crippen LogP contribution in [0.1, 0.15) is 56.7 Å². The van der Waals surface area contributed by atoms with Gasteiger partial charge in [-0.2, -0.15) is 5.10 Å². The van der Waals surface area contributed by atoms with Gasteiger partial charge in [-0.3, -0.25) is 5.10 Å². The maximum atomic E-state index is 4.16. The summed E-state index contributed by atoms with van der Waals surface area (Å²) in [7, 11) is 0. The quantitative estimate of drug-likeness (QED) is 0.703. The highest BCUT2D eigenvalue weighted by molar-refractivity contribution is 5.27. The Balaban J connectivity index is 2.35. The van der Waals surface area contributed by atoms with E-state index < -0.39 is 0 Å². The van der Waals surface area contributed by atoms with Crippen molar-refractivity contribution in [3.05, 3.63) is 17.5 Å². The fraction of sp³-hybridized carbons (Fsp3) is 0.727. The van der Waals surface area contributed by atoms with Crippen LogP contribution in [0.5, 0.6) is 0 Å². The molecule has 2 heteroatoms. The number of fused-ring (bicyclic) bond motifs is 1. The van der Waals surface area contributed by atoms with Gasteiger partial charge in [-0.05, 0) is 36.2 Å². The Bertz CT molecular complexity index is 288. The average molecular weight is 178 g/mol. The number of hydrogen-bond acceptors (Lipinski definition) is 1. The number of nitrogens with one attached hydrogen (secondary N) is 1. The molecule has 0 fully saturated rings. The lowest BCUT2D eigenvalue weighted by molar-refractivity contribution is 0.408. The molecule has 1 aliphatic carbocycles. The maximum absolute atomic E-state index is 4.16. The summed E-state index contributed by atoms with van der Waals surface area (Å²) in [5.74, 6) is 2.14. The van der Waals surface area contributed by atoms with Gasteiger partial charge in [-0.1, -0.05) is 20.8 Å². The SMILES string of the molecule is CC(C)[C@@H]1CC[C@H](C)c2[nH]ncc21. The third-order valence-electron chi connectivity index (χ3n) is 3.31. The Labute approximate surface area is 79.7 Å². The van der Waals surface area contributed by atoms with Crippen molar-refractivity contribution in [1.82, 2.24) is 10.2 Å². The predicted molar refractivity (Wildman–Crippen MR) is 53.8 cm³/mol. The highest BCUT2D eigenvalue weighted by Gasteiger charge is 2.28. The topological polar surface area (TPSA) is 28.7 Å². The Hall–Kier alpha value is -0.790. The minimum atomic E-state index is 0.674. The normalized spacial score (nSPS) is 27.7. The number of aromatic amines is 1. The lowest BCUT2D eigenvalue weighted by Gasteiger charge is -2.28. The summed E-state index contributed by atoms with van der Waals surface area (Å²) >= 11 is 0. The van der Waals surface area contributed by atoms with Gasteiger partial charge >= 0.3 is 0 Å². The van der Waals surface area contributed by atoms with Crippen LogP contribution in [-0.2, 0) is 0 Å². The van der Waals surface area contributed by atoms with Gasteiger partial charge in [0.1, 0.15) is 0 Å². The molecule has 72 valence electrons. The van der Waals surface area contributed by atoms with Gasteiger partial charge in [-0.15, -0.1) is 0 Å². The molecule has 0 spiro atoms. The zero-order valence-corrected chi connectivity index (χ0v) is 8.67. The largest absolute Gasteiger partial charge is 0.282 e. The van der Waals surface area contributed by atoms with Crippen molar-refractivity contribution in [1.29, 1.82) is 0 Å². The van der Waals surface area contributed by atoms with E-state index in [1.165, 1.54) is 24.1 Å². The van der Waals surface area contributed by atoms with Crippen LogP contribution in [0.15, 0.2) is 6.20 Å². The summed E-state index contributed by atoms with van der Waals surface area (Å²) in [5, 5.41) is 7.30. The highest BCUT2D eigenvalue weighted by atomic mass is 15.1. The molecule has 2 nitrogen and oxygen atoms in total. The second-order valence-electron chi connectivity index (χ2n) is 4.57. The van der Waals surface area contributed by atoms with Gasteiger partial charge in [0.2, 0.25) is 0 Å². The predicted octanol–water partition coefficient (Wildman–Crippen LogP) is 3.05. The molecule has 0 radical (unpaired) electrons. The van der Waals surface area contributed by atoms with E-state index in [0.717, 1.165) is 11.8 Å². The summed E-state index contributed by atoms with van der Waals surface area (Å²) in [6, 6.07) is 0. The first-order chi connectivity index (χ1) is 6.20. The molecule has 0 saturated heterocycles. The fourth-order valence-electron chi connectivity index (χ4n) is 2.42. The number of aromatic nitrogens is 2. The van der Waals surface area contributed by atoms with E-state index >= 15 is 0 Å². The average Bonchev–Trinajstić information content (AvgIpc) is 2.53. The van der Waals surface area contributed by atoms with E-state index in [2.05, 4.69) is 31.0 Å². The molecule has 1 aliphatic rings. The molecule has 1 heterocycles. The molecule has 0 bridgehead atoms. The van der Waals surface area contributed by atoms with Crippen LogP contribution in [0.4, 0.5) is 0 Å². The van der Waals surface area contributed by atoms with Gasteiger partial charge in [-0.25, -0.2) is 0 Å². The Morgan fingerprint density at radius 1 is 1.46 bits per heavy atom. The van der Waals surface area contributed by atoms with Crippen LogP contribution in [-0.4, -0.2) is 10.2 Å². The van der Waals surface area contributed by atoms with Gasteiger partial charge < -0.3 is 0 Å². The van der Waals surface area contributed by atoms with Crippen LogP contribution >= 0.6 is 0 Å². The molecule has 2 rings (SSSR count). The lowest BCUT2D eigenvalue weighted by Crippen LogP contribution is -2.15. The van der Waals surface area contributed by atoms with Crippen molar-refractivity contribution in [2.45, 2.75) is 45.4 Å². The number of rotatable bonds is 1. The van der Waals surface area contributed by atoms with Crippen LogP contribution < -0.4 is 0 Å². The molecular formula is C11H18N2. The van der Waals surface area contributed by atoms with Crippen molar-refractivity contribution in [3.63, 3.8) is 0 Å². The number of hydrogen-bond donors (Lipinski definition) is 1. The highest BCUT2D eigenvalue weighted by Crippen LogP contribution is 2.40. The standard InChI is InChI=1S/C11H18N2/c1-7(2)9-5-4-8(3)11-10(9)6-12-13-11/h6-9H,4-5H2,1-3H3,(H,12,13)/t8-,9-/m0/s1. The molecule has 2 atom stereocenters. The van der Waals surface area contributed by atoms with E-state index in [4.69, 9.17) is 0 Å². The van der Waals surface area contributed by atoms with E-state index in [-0.39, 0.29) is 0 Å². The Kier molecular flexibility index (Phi) is 2.14. The summed E-state index contributed by atoms with van der Waals surface area (Å²) < 4.78 is 0. The van der Waals surface area contributed by atoms with Gasteiger partial charge in [0.05, 0.1) is 6.20 Å². The molecule has 0 amide bonds. The first kappa shape index (κ1) is 8.79. The molecule has 0 aliphatic heterocycles. The van der Waals surface area contributed by atoms with Crippen LogP contribution in [0.25, 0.3) is 0 Å². The van der Waals surface area contributed by atoms with E-state index in [9.17, 15) is 0 Å². The third kappa shape index (κ3) is 1.38. The molecule has 13 heavy (non-hydrogen) atoms. The van der Waals surface area contributed by atoms with Crippen molar-refractivity contribution in [2.24, 2.45) is 5.92 Å². The fourth-order valence-corrected chi connectivity index (χ4v) is 2.42. The second kappa shape index (κ2) is 3.17. The third-order valence-corrected chi connectivity index (χ3v) is 3.31. The number of nitrogens with zero attached hydrogens (tertiary/aromatic N) is 1. The van der Waals surface area contributed by atoms with Crippen LogP contribution in [0, 0.1) is 5.92 Å². The van der Waals surface area contributed by atoms with Crippen molar-refractivity contribution in [2.75, 3.05) is 0 Å². The Morgan fingerprint density at radius 2 is 2.23 bits per heavy atom. The van der Waals surface area contributed by atoms with E-state index in [0.29, 0.717) is 5.92 Å². The smallest absolute Gasteiger partial charge is 0.0525 e. The van der Waals surface area contributed by atoms with Gasteiger partial charge in [0.15, 0.2) is 0 Å². The maximum Gasteiger partial charge on any atom is 0.0525 e. The first-order valence-electron chi connectivity index (χ1n) is 5.23. The van der Waals surface area contributed by atoms with E-state index in [1.807, 2.05) is 6.20 Å². The van der Waals surface area contributed by atoms with Gasteiger partial charge in [0.25, 0.3) is 0 Å². The molecule has 1 N–H and O–H groups in total. The summed E-state index contributed by atoms with van der Waals surface area (Å²) in [4.78, 5) is 0. The minimum Gasteiger partial charge on any atom is -0.282 e. The molecular weight excluding hydrogens is 160 g/mol. The van der Waals surface area contributed by atoms with Crippen molar-refractivity contribution >= 4 is 0 Å². The lowest BCUT2D eigenvalue weighted by atomic mass is 9.76. The molecule has 0 unspecified atom stereocenters. The first-order valence-corrected chi connectivity index (χ1v) is 5.23. The van der Waals surface area contributed by atoms with Crippen LogP contribution in [0.3, 0.4) is 0 Å². The van der Waals surface area contributed by atoms with Gasteiger partial charge in [0, 0.05) is 5.69 Å². The minimum absolute atomic E-state index is 0.674. The molecule has 0 saturated carbocycles. The zero-order valence-electron chi connectivity index (χ0n) is 8.67. The molecule has 1 aromatic rings. The molecule has 1 aromatic heterocycles. The summed E-state index contributed by atoms with van der Waals surface area (Å²) in [6.45, 7) is 6.89. The number of H-pyrrole nitrogens is 1. The summed E-state index contributed by atoms with van der Waals surface area (Å²) in [6.07, 6.45) is 4.65. The zero-order chi connectivity index (χ0) is 9.42. The van der Waals surface area contributed by atoms with E-state index in [1.54, 1.807) is 0 Å². The monoisotopic (exact) mass is 178 g/mol. The van der Waals surface area contributed by atoms with Crippen molar-refractivity contribution in [3.8, 4) is 0 Å². The molecule has 0 aromatic carbocycles. The Morgan fingerprint density at radius 3 is 2.92 bits per heavy atom. The summed E-state index contributed by atoms with van der Waals surface area (Å²) in [5.41, 5.74) is 2.85. The second-order valence-corrected chi connectivity index (χ2v) is 4.57. The van der Waals surface area contributed by atoms with Crippen LogP contribution in [0.2, 0.25) is 0 Å². The van der Waals surface area contributed by atoms with Crippen molar-refractivity contribution < 1.29 is 0 Å².